The Morgan fingerprint density at radius 1 is 0.800 bits per heavy atom. The second-order valence-electron chi connectivity index (χ2n) is 7.81. The van der Waals surface area contributed by atoms with Crippen LogP contribution in [0.4, 0.5) is 5.13 Å². The molecule has 6 heteroatoms. The molecule has 1 aromatic heterocycles. The largest absolute Gasteiger partial charge is 0.496 e. The lowest BCUT2D eigenvalue weighted by atomic mass is 10.0. The molecule has 0 fully saturated rings. The van der Waals surface area contributed by atoms with E-state index in [2.05, 4.69) is 57.6 Å². The van der Waals surface area contributed by atoms with Gasteiger partial charge in [-0.15, -0.1) is 0 Å². The van der Waals surface area contributed by atoms with Crippen LogP contribution in [-0.2, 0) is 0 Å². The molecule has 0 saturated heterocycles. The Kier molecular flexibility index (Phi) is 6.75. The number of methoxy groups -OCH3 is 1. The fourth-order valence-electron chi connectivity index (χ4n) is 3.78. The number of nitrogens with one attached hydrogen (secondary N) is 1. The van der Waals surface area contributed by atoms with Gasteiger partial charge in [-0.25, -0.2) is 4.98 Å². The average molecular weight is 541 g/mol. The van der Waals surface area contributed by atoms with E-state index in [-0.39, 0.29) is 5.91 Å². The van der Waals surface area contributed by atoms with Gasteiger partial charge in [0.1, 0.15) is 5.75 Å². The van der Waals surface area contributed by atoms with Gasteiger partial charge in [0.2, 0.25) is 0 Å². The minimum Gasteiger partial charge on any atom is -0.496 e. The second kappa shape index (κ2) is 10.3. The molecule has 0 bridgehead atoms. The first-order chi connectivity index (χ1) is 17.1. The molecule has 35 heavy (non-hydrogen) atoms. The summed E-state index contributed by atoms with van der Waals surface area (Å²) in [5.74, 6) is 0.441. The van der Waals surface area contributed by atoms with E-state index in [1.54, 1.807) is 25.3 Å². The number of amides is 1. The maximum atomic E-state index is 13.0. The Hall–Kier alpha value is -3.74. The van der Waals surface area contributed by atoms with Gasteiger partial charge in [-0.3, -0.25) is 10.1 Å². The summed E-state index contributed by atoms with van der Waals surface area (Å²) in [4.78, 5) is 18.8. The van der Waals surface area contributed by atoms with Crippen molar-refractivity contribution < 1.29 is 9.53 Å². The van der Waals surface area contributed by atoms with Crippen LogP contribution in [-0.4, -0.2) is 18.0 Å². The summed E-state index contributed by atoms with van der Waals surface area (Å²) >= 11 is 4.91. The number of rotatable bonds is 6. The third-order valence-electron chi connectivity index (χ3n) is 5.56. The monoisotopic (exact) mass is 540 g/mol. The molecule has 0 aliphatic heterocycles. The molecular weight excluding hydrogens is 520 g/mol. The number of thiazole rings is 1. The Labute approximate surface area is 216 Å². The SMILES string of the molecule is COc1ccc(C(=O)Nc2nc(-c3ccccc3)c(-c3ccc(-c4ccccc4)cc3)s2)cc1Br. The quantitative estimate of drug-likeness (QED) is 0.236. The zero-order valence-electron chi connectivity index (χ0n) is 18.9. The van der Waals surface area contributed by atoms with Crippen LogP contribution in [0.3, 0.4) is 0 Å². The van der Waals surface area contributed by atoms with Crippen LogP contribution in [0.5, 0.6) is 5.75 Å². The summed E-state index contributed by atoms with van der Waals surface area (Å²) in [7, 11) is 1.59. The smallest absolute Gasteiger partial charge is 0.257 e. The summed E-state index contributed by atoms with van der Waals surface area (Å²) in [6.45, 7) is 0. The predicted octanol–water partition coefficient (Wildman–Crippen LogP) is 8.17. The van der Waals surface area contributed by atoms with Crippen LogP contribution in [0.15, 0.2) is 108 Å². The minimum atomic E-state index is -0.229. The summed E-state index contributed by atoms with van der Waals surface area (Å²) in [6.07, 6.45) is 0. The van der Waals surface area contributed by atoms with Gasteiger partial charge in [-0.2, -0.15) is 0 Å². The van der Waals surface area contributed by atoms with Crippen LogP contribution in [0.25, 0.3) is 32.8 Å². The van der Waals surface area contributed by atoms with Crippen molar-refractivity contribution in [2.45, 2.75) is 0 Å². The number of carbonyl (C=O) groups excluding carboxylic acids is 1. The van der Waals surface area contributed by atoms with Crippen LogP contribution in [0.2, 0.25) is 0 Å². The van der Waals surface area contributed by atoms with Crippen LogP contribution in [0.1, 0.15) is 10.4 Å². The van der Waals surface area contributed by atoms with Crippen molar-refractivity contribution in [3.8, 4) is 38.6 Å². The topological polar surface area (TPSA) is 51.2 Å². The molecule has 5 rings (SSSR count). The van der Waals surface area contributed by atoms with E-state index < -0.39 is 0 Å². The van der Waals surface area contributed by atoms with Gasteiger partial charge in [0.15, 0.2) is 5.13 Å². The van der Waals surface area contributed by atoms with E-state index in [1.165, 1.54) is 16.9 Å². The highest BCUT2D eigenvalue weighted by Crippen LogP contribution is 2.40. The van der Waals surface area contributed by atoms with Gasteiger partial charge in [-0.1, -0.05) is 96.3 Å². The van der Waals surface area contributed by atoms with Gasteiger partial charge in [0, 0.05) is 11.1 Å². The van der Waals surface area contributed by atoms with E-state index in [1.807, 2.05) is 48.5 Å². The van der Waals surface area contributed by atoms with Gasteiger partial charge >= 0.3 is 0 Å². The highest BCUT2D eigenvalue weighted by atomic mass is 79.9. The molecule has 0 saturated carbocycles. The molecule has 0 radical (unpaired) electrons. The van der Waals surface area contributed by atoms with Gasteiger partial charge in [0.25, 0.3) is 5.91 Å². The Morgan fingerprint density at radius 2 is 1.40 bits per heavy atom. The number of carbonyl (C=O) groups is 1. The molecule has 0 aliphatic rings. The molecule has 4 aromatic carbocycles. The fraction of sp³-hybridized carbons (Fsp3) is 0.0345. The predicted molar refractivity (Wildman–Crippen MR) is 147 cm³/mol. The number of hydrogen-bond acceptors (Lipinski definition) is 4. The zero-order chi connectivity index (χ0) is 24.2. The van der Waals surface area contributed by atoms with Gasteiger partial charge < -0.3 is 4.74 Å². The molecule has 1 heterocycles. The lowest BCUT2D eigenvalue weighted by Gasteiger charge is -2.06. The molecule has 0 spiro atoms. The lowest BCUT2D eigenvalue weighted by molar-refractivity contribution is 0.102. The number of hydrogen-bond donors (Lipinski definition) is 1. The Morgan fingerprint density at radius 3 is 2.03 bits per heavy atom. The minimum absolute atomic E-state index is 0.229. The lowest BCUT2D eigenvalue weighted by Crippen LogP contribution is -2.11. The average Bonchev–Trinajstić information content (AvgIpc) is 3.33. The molecule has 1 amide bonds. The van der Waals surface area contributed by atoms with Crippen molar-refractivity contribution in [3.63, 3.8) is 0 Å². The van der Waals surface area contributed by atoms with Gasteiger partial charge in [0.05, 0.1) is 22.2 Å². The first-order valence-corrected chi connectivity index (χ1v) is 12.6. The molecule has 172 valence electrons. The van der Waals surface area contributed by atoms with Crippen LogP contribution >= 0.6 is 27.3 Å². The van der Waals surface area contributed by atoms with Gasteiger partial charge in [-0.05, 0) is 50.8 Å². The Bertz CT molecular complexity index is 1470. The number of halogens is 1. The zero-order valence-corrected chi connectivity index (χ0v) is 21.3. The fourth-order valence-corrected chi connectivity index (χ4v) is 5.31. The highest BCUT2D eigenvalue weighted by Gasteiger charge is 2.18. The van der Waals surface area contributed by atoms with Crippen molar-refractivity contribution in [2.75, 3.05) is 12.4 Å². The highest BCUT2D eigenvalue weighted by molar-refractivity contribution is 9.10. The number of benzene rings is 4. The second-order valence-corrected chi connectivity index (χ2v) is 9.66. The van der Waals surface area contributed by atoms with Crippen LogP contribution in [0, 0.1) is 0 Å². The van der Waals surface area contributed by atoms with Crippen molar-refractivity contribution in [1.82, 2.24) is 4.98 Å². The molecule has 0 atom stereocenters. The van der Waals surface area contributed by atoms with E-state index in [9.17, 15) is 4.79 Å². The van der Waals surface area contributed by atoms with E-state index in [0.717, 1.165) is 31.7 Å². The van der Waals surface area contributed by atoms with E-state index in [0.29, 0.717) is 16.4 Å². The maximum Gasteiger partial charge on any atom is 0.257 e. The summed E-state index contributed by atoms with van der Waals surface area (Å²) in [5, 5.41) is 3.51. The maximum absolute atomic E-state index is 13.0. The number of anilines is 1. The van der Waals surface area contributed by atoms with Crippen molar-refractivity contribution in [1.29, 1.82) is 0 Å². The molecule has 0 aliphatic carbocycles. The number of ether oxygens (including phenoxy) is 1. The van der Waals surface area contributed by atoms with Crippen molar-refractivity contribution in [3.05, 3.63) is 113 Å². The standard InChI is InChI=1S/C29H21BrN2O2S/c1-34-25-17-16-23(18-24(25)30)28(33)32-29-31-26(21-10-6-3-7-11-21)27(35-29)22-14-12-20(13-15-22)19-8-4-2-5-9-19/h2-18H,1H3,(H,31,32,33). The summed E-state index contributed by atoms with van der Waals surface area (Å²) in [5.41, 5.74) is 5.73. The summed E-state index contributed by atoms with van der Waals surface area (Å²) in [6, 6.07) is 34.0. The Balaban J connectivity index is 1.49. The first kappa shape index (κ1) is 23.0. The first-order valence-electron chi connectivity index (χ1n) is 11.0. The molecule has 1 N–H and O–H groups in total. The van der Waals surface area contributed by atoms with Crippen LogP contribution < -0.4 is 10.1 Å². The molecule has 5 aromatic rings. The third-order valence-corrected chi connectivity index (χ3v) is 7.20. The molecular formula is C29H21BrN2O2S. The van der Waals surface area contributed by atoms with E-state index in [4.69, 9.17) is 9.72 Å². The number of aromatic nitrogens is 1. The molecule has 4 nitrogen and oxygen atoms in total. The normalized spacial score (nSPS) is 10.7. The number of nitrogens with zero attached hydrogens (tertiary/aromatic N) is 1. The molecule has 0 unspecified atom stereocenters. The summed E-state index contributed by atoms with van der Waals surface area (Å²) < 4.78 is 5.98. The third kappa shape index (κ3) is 5.04. The van der Waals surface area contributed by atoms with Crippen molar-refractivity contribution >= 4 is 38.3 Å². The van der Waals surface area contributed by atoms with E-state index >= 15 is 0 Å². The van der Waals surface area contributed by atoms with Crippen molar-refractivity contribution in [2.24, 2.45) is 0 Å².